The normalized spacial score (nSPS) is 16.0. The third kappa shape index (κ3) is 4.57. The van der Waals surface area contributed by atoms with Crippen LogP contribution in [-0.2, 0) is 12.8 Å². The van der Waals surface area contributed by atoms with Gasteiger partial charge in [-0.2, -0.15) is 0 Å². The maximum atomic E-state index is 11.1. The van der Waals surface area contributed by atoms with Gasteiger partial charge in [-0.25, -0.2) is 4.98 Å². The van der Waals surface area contributed by atoms with Crippen LogP contribution in [-0.4, -0.2) is 23.5 Å². The number of hydrogen-bond donors (Lipinski definition) is 2. The van der Waals surface area contributed by atoms with Gasteiger partial charge in [-0.1, -0.05) is 19.9 Å². The molecule has 0 radical (unpaired) electrons. The van der Waals surface area contributed by atoms with Gasteiger partial charge in [-0.15, -0.1) is 0 Å². The first-order valence-corrected chi connectivity index (χ1v) is 8.80. The van der Waals surface area contributed by atoms with Gasteiger partial charge in [0.1, 0.15) is 5.75 Å². The van der Waals surface area contributed by atoms with E-state index in [4.69, 9.17) is 10.5 Å². The highest BCUT2D eigenvalue weighted by molar-refractivity contribution is 5.92. The molecule has 0 bridgehead atoms. The first kappa shape index (κ1) is 17.4. The molecule has 0 saturated heterocycles. The Balaban J connectivity index is 1.60. The van der Waals surface area contributed by atoms with Crippen molar-refractivity contribution < 1.29 is 9.53 Å². The number of amides is 1. The van der Waals surface area contributed by atoms with E-state index < -0.39 is 5.91 Å². The van der Waals surface area contributed by atoms with E-state index in [0.717, 1.165) is 31.1 Å². The Labute approximate surface area is 148 Å². The summed E-state index contributed by atoms with van der Waals surface area (Å²) in [6, 6.07) is 9.97. The van der Waals surface area contributed by atoms with E-state index in [1.807, 2.05) is 6.07 Å². The van der Waals surface area contributed by atoms with Crippen molar-refractivity contribution in [2.45, 2.75) is 39.2 Å². The zero-order valence-electron chi connectivity index (χ0n) is 14.8. The minimum absolute atomic E-state index is 0.372. The van der Waals surface area contributed by atoms with Crippen molar-refractivity contribution in [3.8, 4) is 11.6 Å². The van der Waals surface area contributed by atoms with Gasteiger partial charge in [0, 0.05) is 18.3 Å². The van der Waals surface area contributed by atoms with Crippen LogP contribution >= 0.6 is 0 Å². The second-order valence-electron chi connectivity index (χ2n) is 7.02. The fraction of sp³-hybridized carbons (Fsp3) is 0.400. The van der Waals surface area contributed by atoms with Crippen molar-refractivity contribution >= 4 is 5.91 Å². The van der Waals surface area contributed by atoms with Crippen LogP contribution in [0.2, 0.25) is 0 Å². The summed E-state index contributed by atoms with van der Waals surface area (Å²) in [4.78, 5) is 15.2. The average Bonchev–Trinajstić information content (AvgIpc) is 2.97. The Hall–Kier alpha value is -2.40. The number of fused-ring (bicyclic) bond motifs is 1. The smallest absolute Gasteiger partial charge is 0.250 e. The molecule has 3 rings (SSSR count). The lowest BCUT2D eigenvalue weighted by Gasteiger charge is -2.12. The summed E-state index contributed by atoms with van der Waals surface area (Å²) in [6.45, 7) is 5.56. The number of primary amides is 1. The molecule has 0 saturated carbocycles. The van der Waals surface area contributed by atoms with Crippen LogP contribution in [0.25, 0.3) is 0 Å². The highest BCUT2D eigenvalue weighted by Gasteiger charge is 2.21. The molecular formula is C20H25N3O2. The third-order valence-electron chi connectivity index (χ3n) is 4.51. The van der Waals surface area contributed by atoms with E-state index in [1.165, 1.54) is 23.7 Å². The monoisotopic (exact) mass is 339 g/mol. The molecule has 5 nitrogen and oxygen atoms in total. The summed E-state index contributed by atoms with van der Waals surface area (Å²) in [5.41, 5.74) is 8.30. The molecule has 2 aromatic rings. The lowest BCUT2D eigenvalue weighted by Crippen LogP contribution is -2.30. The van der Waals surface area contributed by atoms with Crippen LogP contribution in [0.1, 0.15) is 41.8 Å². The second kappa shape index (κ2) is 7.66. The van der Waals surface area contributed by atoms with E-state index >= 15 is 0 Å². The highest BCUT2D eigenvalue weighted by Crippen LogP contribution is 2.28. The third-order valence-corrected chi connectivity index (χ3v) is 4.51. The van der Waals surface area contributed by atoms with Crippen molar-refractivity contribution in [1.82, 2.24) is 10.3 Å². The standard InChI is InChI=1S/C20H25N3O2/c1-13(2)7-8-22-17-9-14-3-5-18(11-16(14)10-17)25-19-6-4-15(12-23-19)20(21)24/h3-6,11-13,17,22H,7-10H2,1-2H3,(H2,21,24). The molecule has 5 heteroatoms. The number of carbonyl (C=O) groups excluding carboxylic acids is 1. The first-order chi connectivity index (χ1) is 12.0. The highest BCUT2D eigenvalue weighted by atomic mass is 16.5. The second-order valence-corrected chi connectivity index (χ2v) is 7.02. The predicted octanol–water partition coefficient (Wildman–Crippen LogP) is 3.08. The number of aromatic nitrogens is 1. The number of pyridine rings is 1. The van der Waals surface area contributed by atoms with E-state index in [1.54, 1.807) is 12.1 Å². The van der Waals surface area contributed by atoms with Crippen LogP contribution < -0.4 is 15.8 Å². The number of ether oxygens (including phenoxy) is 1. The quantitative estimate of drug-likeness (QED) is 0.813. The van der Waals surface area contributed by atoms with Crippen LogP contribution in [0.3, 0.4) is 0 Å². The Kier molecular flexibility index (Phi) is 5.34. The zero-order valence-corrected chi connectivity index (χ0v) is 14.8. The molecule has 0 spiro atoms. The van der Waals surface area contributed by atoms with Gasteiger partial charge < -0.3 is 15.8 Å². The van der Waals surface area contributed by atoms with Crippen LogP contribution in [0.4, 0.5) is 0 Å². The molecule has 1 aliphatic carbocycles. The van der Waals surface area contributed by atoms with Gasteiger partial charge in [0.05, 0.1) is 5.56 Å². The first-order valence-electron chi connectivity index (χ1n) is 8.80. The number of nitrogens with zero attached hydrogens (tertiary/aromatic N) is 1. The number of nitrogens with one attached hydrogen (secondary N) is 1. The number of nitrogens with two attached hydrogens (primary N) is 1. The summed E-state index contributed by atoms with van der Waals surface area (Å²) in [5.74, 6) is 1.45. The van der Waals surface area contributed by atoms with Gasteiger partial charge in [-0.3, -0.25) is 4.79 Å². The lowest BCUT2D eigenvalue weighted by molar-refractivity contribution is 0.1000. The van der Waals surface area contributed by atoms with Gasteiger partial charge in [0.25, 0.3) is 0 Å². The van der Waals surface area contributed by atoms with Crippen LogP contribution in [0.5, 0.6) is 11.6 Å². The Morgan fingerprint density at radius 3 is 2.76 bits per heavy atom. The Bertz CT molecular complexity index is 741. The molecule has 1 unspecified atom stereocenters. The van der Waals surface area contributed by atoms with Crippen molar-refractivity contribution in [3.05, 3.63) is 53.2 Å². The average molecular weight is 339 g/mol. The van der Waals surface area contributed by atoms with Crippen molar-refractivity contribution in [3.63, 3.8) is 0 Å². The molecule has 0 fully saturated rings. The molecule has 1 aromatic heterocycles. The van der Waals surface area contributed by atoms with Gasteiger partial charge in [0.15, 0.2) is 0 Å². The number of benzene rings is 1. The summed E-state index contributed by atoms with van der Waals surface area (Å²) in [7, 11) is 0. The van der Waals surface area contributed by atoms with Gasteiger partial charge in [-0.05, 0) is 61.1 Å². The fourth-order valence-electron chi connectivity index (χ4n) is 3.09. The maximum absolute atomic E-state index is 11.1. The Morgan fingerprint density at radius 1 is 1.28 bits per heavy atom. The molecule has 1 heterocycles. The van der Waals surface area contributed by atoms with Crippen molar-refractivity contribution in [2.24, 2.45) is 11.7 Å². The Morgan fingerprint density at radius 2 is 2.08 bits per heavy atom. The zero-order chi connectivity index (χ0) is 17.8. The molecule has 0 aliphatic heterocycles. The van der Waals surface area contributed by atoms with E-state index in [-0.39, 0.29) is 0 Å². The number of rotatable bonds is 7. The van der Waals surface area contributed by atoms with E-state index in [9.17, 15) is 4.79 Å². The van der Waals surface area contributed by atoms with Crippen LogP contribution in [0.15, 0.2) is 36.5 Å². The summed E-state index contributed by atoms with van der Waals surface area (Å²) >= 11 is 0. The van der Waals surface area contributed by atoms with Crippen molar-refractivity contribution in [1.29, 1.82) is 0 Å². The molecular weight excluding hydrogens is 314 g/mol. The molecule has 25 heavy (non-hydrogen) atoms. The minimum Gasteiger partial charge on any atom is -0.439 e. The van der Waals surface area contributed by atoms with Gasteiger partial charge >= 0.3 is 0 Å². The molecule has 1 aliphatic rings. The predicted molar refractivity (Wildman–Crippen MR) is 97.9 cm³/mol. The maximum Gasteiger partial charge on any atom is 0.250 e. The summed E-state index contributed by atoms with van der Waals surface area (Å²) < 4.78 is 5.80. The minimum atomic E-state index is -0.493. The largest absolute Gasteiger partial charge is 0.439 e. The van der Waals surface area contributed by atoms with Crippen LogP contribution in [0, 0.1) is 5.92 Å². The molecule has 3 N–H and O–H groups in total. The molecule has 1 amide bonds. The van der Waals surface area contributed by atoms with Crippen molar-refractivity contribution in [2.75, 3.05) is 6.54 Å². The number of hydrogen-bond acceptors (Lipinski definition) is 4. The molecule has 1 aromatic carbocycles. The van der Waals surface area contributed by atoms with Gasteiger partial charge in [0.2, 0.25) is 11.8 Å². The number of carbonyl (C=O) groups is 1. The SMILES string of the molecule is CC(C)CCNC1Cc2ccc(Oc3ccc(C(N)=O)cn3)cc2C1. The summed E-state index contributed by atoms with van der Waals surface area (Å²) in [5, 5.41) is 3.65. The van der Waals surface area contributed by atoms with E-state index in [2.05, 4.69) is 36.3 Å². The molecule has 132 valence electrons. The lowest BCUT2D eigenvalue weighted by atomic mass is 10.1. The summed E-state index contributed by atoms with van der Waals surface area (Å²) in [6.07, 6.45) is 4.73. The fourth-order valence-corrected chi connectivity index (χ4v) is 3.09. The molecule has 1 atom stereocenters. The van der Waals surface area contributed by atoms with E-state index in [0.29, 0.717) is 17.5 Å². The topological polar surface area (TPSA) is 77.2 Å².